The topological polar surface area (TPSA) is 72.3 Å². The normalized spacial score (nSPS) is 7.50. The predicted molar refractivity (Wildman–Crippen MR) is 55.3 cm³/mol. The van der Waals surface area contributed by atoms with Crippen molar-refractivity contribution in [1.29, 1.82) is 0 Å². The van der Waals surface area contributed by atoms with Crippen molar-refractivity contribution in [2.45, 2.75) is 6.92 Å². The van der Waals surface area contributed by atoms with Crippen LogP contribution >= 0.6 is 12.4 Å². The van der Waals surface area contributed by atoms with Crippen molar-refractivity contribution < 1.29 is 5.11 Å². The Kier molecular flexibility index (Phi) is 9.29. The summed E-state index contributed by atoms with van der Waals surface area (Å²) < 4.78 is 0. The van der Waals surface area contributed by atoms with Crippen molar-refractivity contribution in [1.82, 2.24) is 0 Å². The molecule has 4 heteroatoms. The molecule has 0 spiro atoms. The van der Waals surface area contributed by atoms with E-state index in [0.717, 1.165) is 11.4 Å². The second-order valence-electron chi connectivity index (χ2n) is 1.98. The first-order valence-electron chi connectivity index (χ1n) is 3.42. The number of halogens is 1. The van der Waals surface area contributed by atoms with Crippen LogP contribution in [0.2, 0.25) is 0 Å². The van der Waals surface area contributed by atoms with E-state index < -0.39 is 0 Å². The van der Waals surface area contributed by atoms with Crippen molar-refractivity contribution in [3.05, 3.63) is 24.3 Å². The van der Waals surface area contributed by atoms with Crippen LogP contribution in [0.25, 0.3) is 0 Å². The Balaban J connectivity index is 0. The van der Waals surface area contributed by atoms with Crippen molar-refractivity contribution >= 4 is 23.8 Å². The molecule has 0 radical (unpaired) electrons. The number of anilines is 2. The van der Waals surface area contributed by atoms with Crippen LogP contribution in [0.4, 0.5) is 11.4 Å². The molecule has 1 rings (SSSR count). The van der Waals surface area contributed by atoms with Crippen LogP contribution in [0.15, 0.2) is 24.3 Å². The molecule has 0 aliphatic heterocycles. The van der Waals surface area contributed by atoms with Gasteiger partial charge in [0.15, 0.2) is 0 Å². The molecule has 0 aliphatic rings. The van der Waals surface area contributed by atoms with Crippen LogP contribution < -0.4 is 11.5 Å². The van der Waals surface area contributed by atoms with Gasteiger partial charge in [0.25, 0.3) is 0 Å². The molecule has 0 unspecified atom stereocenters. The highest BCUT2D eigenvalue weighted by molar-refractivity contribution is 5.85. The van der Waals surface area contributed by atoms with Crippen molar-refractivity contribution in [3.8, 4) is 0 Å². The van der Waals surface area contributed by atoms with Gasteiger partial charge in [0, 0.05) is 18.0 Å². The van der Waals surface area contributed by atoms with E-state index in [2.05, 4.69) is 0 Å². The molecule has 0 aromatic heterocycles. The maximum absolute atomic E-state index is 7.57. The summed E-state index contributed by atoms with van der Waals surface area (Å²) in [6.07, 6.45) is 0. The lowest BCUT2D eigenvalue weighted by atomic mass is 10.3. The molecule has 1 aromatic carbocycles. The molecular formula is C8H15ClN2O. The lowest BCUT2D eigenvalue weighted by molar-refractivity contribution is 0.318. The highest BCUT2D eigenvalue weighted by Crippen LogP contribution is 2.04. The quantitative estimate of drug-likeness (QED) is 0.540. The molecule has 70 valence electrons. The van der Waals surface area contributed by atoms with Crippen LogP contribution in [0.3, 0.4) is 0 Å². The summed E-state index contributed by atoms with van der Waals surface area (Å²) in [7, 11) is 0. The molecule has 0 fully saturated rings. The first-order chi connectivity index (χ1) is 5.20. The SMILES string of the molecule is CCO.Cl.Nc1ccc(N)cc1. The zero-order chi connectivity index (χ0) is 8.69. The second kappa shape index (κ2) is 8.17. The van der Waals surface area contributed by atoms with Gasteiger partial charge in [0.05, 0.1) is 0 Å². The number of hydrogen-bond donors (Lipinski definition) is 3. The van der Waals surface area contributed by atoms with E-state index in [1.807, 2.05) is 0 Å². The third-order valence-corrected chi connectivity index (χ3v) is 0.936. The van der Waals surface area contributed by atoms with Gasteiger partial charge in [-0.25, -0.2) is 0 Å². The van der Waals surface area contributed by atoms with Gasteiger partial charge in [-0.1, -0.05) is 0 Å². The molecule has 0 atom stereocenters. The number of aliphatic hydroxyl groups is 1. The maximum atomic E-state index is 7.57. The maximum Gasteiger partial charge on any atom is 0.0402 e. The zero-order valence-electron chi connectivity index (χ0n) is 7.03. The van der Waals surface area contributed by atoms with E-state index in [4.69, 9.17) is 16.6 Å². The molecular weight excluding hydrogens is 176 g/mol. The molecule has 0 amide bonds. The molecule has 5 N–H and O–H groups in total. The van der Waals surface area contributed by atoms with Gasteiger partial charge in [-0.05, 0) is 31.2 Å². The molecule has 1 aromatic rings. The minimum atomic E-state index is 0. The fraction of sp³-hybridized carbons (Fsp3) is 0.250. The standard InChI is InChI=1S/C6H8N2.C2H6O.ClH/c7-5-1-2-6(8)4-3-5;1-2-3;/h1-4H,7-8H2;3H,2H2,1H3;1H. The Bertz CT molecular complexity index is 168. The van der Waals surface area contributed by atoms with E-state index in [9.17, 15) is 0 Å². The predicted octanol–water partition coefficient (Wildman–Crippen LogP) is 1.27. The molecule has 12 heavy (non-hydrogen) atoms. The summed E-state index contributed by atoms with van der Waals surface area (Å²) >= 11 is 0. The average molecular weight is 191 g/mol. The number of rotatable bonds is 0. The van der Waals surface area contributed by atoms with Gasteiger partial charge in [-0.2, -0.15) is 0 Å². The summed E-state index contributed by atoms with van der Waals surface area (Å²) in [5.41, 5.74) is 12.2. The Morgan fingerprint density at radius 1 is 1.08 bits per heavy atom. The minimum absolute atomic E-state index is 0. The summed E-state index contributed by atoms with van der Waals surface area (Å²) in [4.78, 5) is 0. The Morgan fingerprint density at radius 2 is 1.25 bits per heavy atom. The van der Waals surface area contributed by atoms with E-state index in [-0.39, 0.29) is 19.0 Å². The molecule has 0 saturated heterocycles. The fourth-order valence-electron chi connectivity index (χ4n) is 0.496. The fourth-order valence-corrected chi connectivity index (χ4v) is 0.496. The number of nitrogens with two attached hydrogens (primary N) is 2. The first-order valence-corrected chi connectivity index (χ1v) is 3.42. The van der Waals surface area contributed by atoms with Gasteiger partial charge >= 0.3 is 0 Å². The van der Waals surface area contributed by atoms with Crippen LogP contribution in [-0.2, 0) is 0 Å². The van der Waals surface area contributed by atoms with Crippen molar-refractivity contribution in [3.63, 3.8) is 0 Å². The average Bonchev–Trinajstić information content (AvgIpc) is 1.97. The van der Waals surface area contributed by atoms with Gasteiger partial charge in [0.2, 0.25) is 0 Å². The van der Waals surface area contributed by atoms with Crippen molar-refractivity contribution in [2.24, 2.45) is 0 Å². The highest BCUT2D eigenvalue weighted by Gasteiger charge is 1.80. The van der Waals surface area contributed by atoms with E-state index in [1.165, 1.54) is 0 Å². The number of hydrogen-bond acceptors (Lipinski definition) is 3. The van der Waals surface area contributed by atoms with E-state index in [1.54, 1.807) is 31.2 Å². The molecule has 3 nitrogen and oxygen atoms in total. The second-order valence-corrected chi connectivity index (χ2v) is 1.98. The Hall–Kier alpha value is -0.930. The van der Waals surface area contributed by atoms with E-state index in [0.29, 0.717) is 0 Å². The number of benzene rings is 1. The summed E-state index contributed by atoms with van der Waals surface area (Å²) in [6.45, 7) is 1.93. The van der Waals surface area contributed by atoms with Crippen LogP contribution in [0.5, 0.6) is 0 Å². The largest absolute Gasteiger partial charge is 0.399 e. The van der Waals surface area contributed by atoms with E-state index >= 15 is 0 Å². The Labute approximate surface area is 78.8 Å². The van der Waals surface area contributed by atoms with Gasteiger partial charge in [0.1, 0.15) is 0 Å². The van der Waals surface area contributed by atoms with Crippen LogP contribution in [0.1, 0.15) is 6.92 Å². The third kappa shape index (κ3) is 7.18. The highest BCUT2D eigenvalue weighted by atomic mass is 35.5. The molecule has 0 bridgehead atoms. The zero-order valence-corrected chi connectivity index (χ0v) is 7.84. The van der Waals surface area contributed by atoms with Crippen LogP contribution in [-0.4, -0.2) is 11.7 Å². The number of nitrogen functional groups attached to an aromatic ring is 2. The van der Waals surface area contributed by atoms with Crippen molar-refractivity contribution in [2.75, 3.05) is 18.1 Å². The summed E-state index contributed by atoms with van der Waals surface area (Å²) in [6, 6.07) is 7.09. The van der Waals surface area contributed by atoms with Crippen LogP contribution in [0, 0.1) is 0 Å². The smallest absolute Gasteiger partial charge is 0.0402 e. The molecule has 0 heterocycles. The first kappa shape index (κ1) is 13.6. The summed E-state index contributed by atoms with van der Waals surface area (Å²) in [5, 5.41) is 7.57. The Morgan fingerprint density at radius 3 is 1.42 bits per heavy atom. The van der Waals surface area contributed by atoms with Gasteiger partial charge in [-0.15, -0.1) is 12.4 Å². The monoisotopic (exact) mass is 190 g/mol. The number of aliphatic hydroxyl groups excluding tert-OH is 1. The molecule has 0 aliphatic carbocycles. The van der Waals surface area contributed by atoms with Gasteiger partial charge in [-0.3, -0.25) is 0 Å². The third-order valence-electron chi connectivity index (χ3n) is 0.936. The van der Waals surface area contributed by atoms with Gasteiger partial charge < -0.3 is 16.6 Å². The lowest BCUT2D eigenvalue weighted by Gasteiger charge is -1.90. The molecule has 0 saturated carbocycles. The summed E-state index contributed by atoms with van der Waals surface area (Å²) in [5.74, 6) is 0. The lowest BCUT2D eigenvalue weighted by Crippen LogP contribution is -1.86. The minimum Gasteiger partial charge on any atom is -0.399 e.